The lowest BCUT2D eigenvalue weighted by molar-refractivity contribution is 0.197. The van der Waals surface area contributed by atoms with Gasteiger partial charge in [0.1, 0.15) is 12.9 Å². The van der Waals surface area contributed by atoms with Crippen molar-refractivity contribution in [3.05, 3.63) is 72.1 Å². The molecular formula is C21H24N4O4S. The van der Waals surface area contributed by atoms with Crippen LogP contribution in [0.15, 0.2) is 60.9 Å². The second-order valence-corrected chi connectivity index (χ2v) is 7.94. The highest BCUT2D eigenvalue weighted by Gasteiger charge is 2.20. The van der Waals surface area contributed by atoms with Crippen molar-refractivity contribution in [2.24, 2.45) is 0 Å². The fourth-order valence-corrected chi connectivity index (χ4v) is 3.64. The van der Waals surface area contributed by atoms with E-state index in [-0.39, 0.29) is 31.5 Å². The van der Waals surface area contributed by atoms with Gasteiger partial charge in [0.05, 0.1) is 12.2 Å². The number of aryl methyl sites for hydroxylation is 1. The predicted octanol–water partition coefficient (Wildman–Crippen LogP) is 2.52. The van der Waals surface area contributed by atoms with Gasteiger partial charge in [0.2, 0.25) is 5.88 Å². The second kappa shape index (κ2) is 10.1. The van der Waals surface area contributed by atoms with Crippen molar-refractivity contribution in [2.75, 3.05) is 17.9 Å². The minimum atomic E-state index is -3.91. The number of ether oxygens (including phenoxy) is 1. The normalized spacial score (nSPS) is 11.3. The smallest absolute Gasteiger partial charge is 0.300 e. The molecule has 2 aromatic carbocycles. The first-order valence-electron chi connectivity index (χ1n) is 9.51. The minimum Gasteiger partial charge on any atom is -0.475 e. The van der Waals surface area contributed by atoms with Gasteiger partial charge in [0, 0.05) is 6.54 Å². The average Bonchev–Trinajstić information content (AvgIpc) is 2.77. The molecule has 0 fully saturated rings. The number of aliphatic hydroxyl groups is 1. The van der Waals surface area contributed by atoms with E-state index in [9.17, 15) is 8.42 Å². The lowest BCUT2D eigenvalue weighted by Gasteiger charge is -2.15. The monoisotopic (exact) mass is 428 g/mol. The summed E-state index contributed by atoms with van der Waals surface area (Å²) in [6.07, 6.45) is 2.09. The topological polar surface area (TPSA) is 113 Å². The number of nitrogens with zero attached hydrogens (tertiary/aromatic N) is 2. The molecule has 0 aliphatic rings. The summed E-state index contributed by atoms with van der Waals surface area (Å²) in [4.78, 5) is 8.24. The Labute approximate surface area is 176 Å². The molecule has 1 heterocycles. The lowest BCUT2D eigenvalue weighted by atomic mass is 10.0. The van der Waals surface area contributed by atoms with E-state index in [1.807, 2.05) is 61.5 Å². The Kier molecular flexibility index (Phi) is 7.34. The molecule has 1 aromatic heterocycles. The molecule has 158 valence electrons. The molecule has 9 heteroatoms. The fraction of sp³-hybridized carbons (Fsp3) is 0.238. The van der Waals surface area contributed by atoms with Crippen molar-refractivity contribution in [1.29, 1.82) is 0 Å². The van der Waals surface area contributed by atoms with Crippen LogP contribution in [0.1, 0.15) is 18.1 Å². The predicted molar refractivity (Wildman–Crippen MR) is 115 cm³/mol. The van der Waals surface area contributed by atoms with Gasteiger partial charge in [-0.05, 0) is 23.1 Å². The van der Waals surface area contributed by atoms with E-state index in [0.29, 0.717) is 11.1 Å². The Morgan fingerprint density at radius 2 is 1.73 bits per heavy atom. The van der Waals surface area contributed by atoms with E-state index in [2.05, 4.69) is 19.4 Å². The molecule has 0 aliphatic carbocycles. The first kappa shape index (κ1) is 21.7. The van der Waals surface area contributed by atoms with Crippen molar-refractivity contribution in [3.63, 3.8) is 0 Å². The summed E-state index contributed by atoms with van der Waals surface area (Å²) in [7, 11) is -3.91. The fourth-order valence-electron chi connectivity index (χ4n) is 2.80. The number of hydrogen-bond acceptors (Lipinski definition) is 6. The largest absolute Gasteiger partial charge is 0.475 e. The molecule has 3 rings (SSSR count). The van der Waals surface area contributed by atoms with E-state index in [1.165, 1.54) is 6.33 Å². The summed E-state index contributed by atoms with van der Waals surface area (Å²) in [6.45, 7) is 2.01. The molecular weight excluding hydrogens is 404 g/mol. The number of rotatable bonds is 10. The van der Waals surface area contributed by atoms with Crippen LogP contribution in [0.25, 0.3) is 11.1 Å². The molecule has 0 amide bonds. The molecule has 3 aromatic rings. The Bertz CT molecular complexity index is 1060. The number of nitrogens with one attached hydrogen (secondary N) is 2. The zero-order chi connectivity index (χ0) is 21.4. The molecule has 0 saturated heterocycles. The molecule has 0 unspecified atom stereocenters. The highest BCUT2D eigenvalue weighted by atomic mass is 32.2. The Morgan fingerprint density at radius 1 is 1.00 bits per heavy atom. The Morgan fingerprint density at radius 3 is 2.40 bits per heavy atom. The zero-order valence-corrected chi connectivity index (χ0v) is 17.4. The molecule has 0 radical (unpaired) electrons. The van der Waals surface area contributed by atoms with Crippen LogP contribution in [-0.4, -0.2) is 36.7 Å². The van der Waals surface area contributed by atoms with E-state index in [1.54, 1.807) is 0 Å². The maximum atomic E-state index is 12.6. The van der Waals surface area contributed by atoms with Crippen LogP contribution in [0.3, 0.4) is 0 Å². The van der Waals surface area contributed by atoms with E-state index in [0.717, 1.165) is 17.5 Å². The summed E-state index contributed by atoms with van der Waals surface area (Å²) in [6, 6.07) is 16.8. The molecule has 0 bridgehead atoms. The molecule has 3 N–H and O–H groups in total. The number of hydrogen-bond donors (Lipinski definition) is 3. The molecule has 0 atom stereocenters. The van der Waals surface area contributed by atoms with E-state index >= 15 is 0 Å². The van der Waals surface area contributed by atoms with Gasteiger partial charge in [-0.2, -0.15) is 13.1 Å². The maximum Gasteiger partial charge on any atom is 0.300 e. The van der Waals surface area contributed by atoms with Crippen LogP contribution in [0.5, 0.6) is 5.88 Å². The van der Waals surface area contributed by atoms with Crippen molar-refractivity contribution < 1.29 is 18.3 Å². The van der Waals surface area contributed by atoms with Crippen molar-refractivity contribution in [2.45, 2.75) is 19.9 Å². The Balaban J connectivity index is 1.90. The van der Waals surface area contributed by atoms with Gasteiger partial charge in [-0.15, -0.1) is 0 Å². The van der Waals surface area contributed by atoms with E-state index < -0.39 is 10.2 Å². The van der Waals surface area contributed by atoms with Crippen molar-refractivity contribution in [1.82, 2.24) is 14.7 Å². The van der Waals surface area contributed by atoms with Crippen LogP contribution in [0, 0.1) is 0 Å². The van der Waals surface area contributed by atoms with Gasteiger partial charge in [-0.25, -0.2) is 9.97 Å². The molecule has 8 nitrogen and oxygen atoms in total. The maximum absolute atomic E-state index is 12.6. The van der Waals surface area contributed by atoms with Crippen LogP contribution < -0.4 is 14.2 Å². The summed E-state index contributed by atoms with van der Waals surface area (Å²) in [5, 5.41) is 9.10. The summed E-state index contributed by atoms with van der Waals surface area (Å²) < 4.78 is 35.7. The zero-order valence-electron chi connectivity index (χ0n) is 16.6. The third kappa shape index (κ3) is 5.76. The van der Waals surface area contributed by atoms with E-state index in [4.69, 9.17) is 9.84 Å². The van der Waals surface area contributed by atoms with Crippen molar-refractivity contribution >= 4 is 16.0 Å². The van der Waals surface area contributed by atoms with Crippen LogP contribution in [0.4, 0.5) is 5.82 Å². The highest BCUT2D eigenvalue weighted by molar-refractivity contribution is 7.90. The second-order valence-electron chi connectivity index (χ2n) is 6.44. The third-order valence-electron chi connectivity index (χ3n) is 4.33. The van der Waals surface area contributed by atoms with Gasteiger partial charge >= 0.3 is 10.2 Å². The molecule has 0 spiro atoms. The van der Waals surface area contributed by atoms with Gasteiger partial charge < -0.3 is 9.84 Å². The van der Waals surface area contributed by atoms with Gasteiger partial charge in [0.15, 0.2) is 5.82 Å². The molecule has 0 saturated carbocycles. The average molecular weight is 429 g/mol. The van der Waals surface area contributed by atoms with Gasteiger partial charge in [-0.3, -0.25) is 4.72 Å². The lowest BCUT2D eigenvalue weighted by Crippen LogP contribution is -2.30. The first-order chi connectivity index (χ1) is 14.5. The number of aromatic nitrogens is 2. The summed E-state index contributed by atoms with van der Waals surface area (Å²) >= 11 is 0. The standard InChI is InChI=1S/C21H24N4O4S/c1-2-16-8-10-18(11-9-16)19-20(22-15-23-21(19)29-13-12-26)25-30(27,28)24-14-17-6-4-3-5-7-17/h3-11,15,24,26H,2,12-14H2,1H3,(H,22,23,25). The van der Waals surface area contributed by atoms with Gasteiger partial charge in [-0.1, -0.05) is 61.5 Å². The Hall–Kier alpha value is -3.01. The first-order valence-corrected chi connectivity index (χ1v) is 11.0. The van der Waals surface area contributed by atoms with Crippen LogP contribution in [-0.2, 0) is 23.2 Å². The van der Waals surface area contributed by atoms with Crippen LogP contribution >= 0.6 is 0 Å². The molecule has 30 heavy (non-hydrogen) atoms. The van der Waals surface area contributed by atoms with Crippen LogP contribution in [0.2, 0.25) is 0 Å². The molecule has 0 aliphatic heterocycles. The third-order valence-corrected chi connectivity index (χ3v) is 5.32. The summed E-state index contributed by atoms with van der Waals surface area (Å²) in [5.41, 5.74) is 3.06. The highest BCUT2D eigenvalue weighted by Crippen LogP contribution is 2.34. The van der Waals surface area contributed by atoms with Gasteiger partial charge in [0.25, 0.3) is 0 Å². The van der Waals surface area contributed by atoms with Crippen molar-refractivity contribution in [3.8, 4) is 17.0 Å². The number of anilines is 1. The minimum absolute atomic E-state index is 0.0233. The number of aliphatic hydroxyl groups excluding tert-OH is 1. The summed E-state index contributed by atoms with van der Waals surface area (Å²) in [5.74, 6) is 0.270. The number of benzene rings is 2. The quantitative estimate of drug-likeness (QED) is 0.457. The SMILES string of the molecule is CCc1ccc(-c2c(NS(=O)(=O)NCc3ccccc3)ncnc2OCCO)cc1.